The fraction of sp³-hybridized carbons (Fsp3) is 0.333. The molecule has 0 saturated heterocycles. The van der Waals surface area contributed by atoms with Crippen molar-refractivity contribution >= 4 is 30.8 Å². The average Bonchev–Trinajstić information content (AvgIpc) is 2.27. The monoisotopic (exact) mass is 357 g/mol. The van der Waals surface area contributed by atoms with E-state index in [1.54, 1.807) is 19.2 Å². The molecule has 1 aromatic carbocycles. The van der Waals surface area contributed by atoms with E-state index in [1.165, 1.54) is 0 Å². The number of ether oxygens (including phenoxy) is 1. The Hall–Kier alpha value is -1.46. The van der Waals surface area contributed by atoms with Crippen molar-refractivity contribution in [1.82, 2.24) is 0 Å². The van der Waals surface area contributed by atoms with Crippen molar-refractivity contribution in [2.24, 2.45) is 0 Å². The molecule has 0 radical (unpaired) electrons. The normalized spacial score (nSPS) is 13.9. The van der Waals surface area contributed by atoms with Gasteiger partial charge in [0, 0.05) is 7.05 Å². The summed E-state index contributed by atoms with van der Waals surface area (Å²) < 4.78 is 64.5. The van der Waals surface area contributed by atoms with Crippen LogP contribution in [0.15, 0.2) is 12.1 Å². The number of hydrogen-bond donors (Lipinski definition) is 1. The predicted molar refractivity (Wildman–Crippen MR) is 70.5 cm³/mol. The Morgan fingerprint density at radius 2 is 1.71 bits per heavy atom. The zero-order valence-corrected chi connectivity index (χ0v) is 12.4. The molecule has 0 spiro atoms. The molecule has 0 aliphatic rings. The van der Waals surface area contributed by atoms with Gasteiger partial charge in [-0.05, 0) is 13.0 Å². The molecule has 1 rings (SSSR count). The number of nitrogens with zero attached hydrogens (tertiary/aromatic N) is 2. The Morgan fingerprint density at radius 3 is 2.05 bits per heavy atom. The van der Waals surface area contributed by atoms with Gasteiger partial charge in [-0.2, -0.15) is 0 Å². The minimum atomic E-state index is -10.7. The molecule has 1 aromatic rings. The second-order valence-electron chi connectivity index (χ2n) is 3.54. The van der Waals surface area contributed by atoms with Crippen LogP contribution in [0.1, 0.15) is 6.92 Å². The fourth-order valence-corrected chi connectivity index (χ4v) is 1.29. The Bertz CT molecular complexity index is 545. The zero-order valence-electron chi connectivity index (χ0n) is 10.8. The van der Waals surface area contributed by atoms with Crippen molar-refractivity contribution in [2.45, 2.75) is 6.92 Å². The molecule has 0 aromatic heterocycles. The zero-order chi connectivity index (χ0) is 17.0. The van der Waals surface area contributed by atoms with E-state index in [2.05, 4.69) is 10.3 Å². The molecule has 0 heterocycles. The fourth-order valence-electron chi connectivity index (χ4n) is 1.09. The van der Waals surface area contributed by atoms with Crippen LogP contribution in [0.3, 0.4) is 0 Å². The van der Waals surface area contributed by atoms with Crippen LogP contribution in [0.2, 0.25) is 5.02 Å². The predicted octanol–water partition coefficient (Wildman–Crippen LogP) is 6.65. The van der Waals surface area contributed by atoms with Crippen molar-refractivity contribution in [3.63, 3.8) is 0 Å². The SMILES string of the molecule is CCOc1cc([N+]#N)c(Cl)cc1NC.F[P-](F)(F)(F)(F)F. The second kappa shape index (κ2) is 5.73. The van der Waals surface area contributed by atoms with E-state index < -0.39 is 7.81 Å². The standard InChI is InChI=1S/C9H11ClN3O.F6P/c1-3-14-9-5-7(13-11)6(10)4-8(9)12-2;1-7(2,3,4,5)6/h4-5,12H,3H2,1-2H3;/q+1;-1. The summed E-state index contributed by atoms with van der Waals surface area (Å²) in [5, 5.41) is 12.0. The molecule has 0 bridgehead atoms. The number of benzene rings is 1. The molecule has 0 fully saturated rings. The van der Waals surface area contributed by atoms with Crippen LogP contribution < -0.4 is 10.1 Å². The van der Waals surface area contributed by atoms with Gasteiger partial charge >= 0.3 is 38.7 Å². The van der Waals surface area contributed by atoms with Gasteiger partial charge in [0.25, 0.3) is 0 Å². The first-order valence-corrected chi connectivity index (χ1v) is 7.64. The summed E-state index contributed by atoms with van der Waals surface area (Å²) in [5.74, 6) is 0.618. The first kappa shape index (κ1) is 19.5. The van der Waals surface area contributed by atoms with Crippen LogP contribution in [0.5, 0.6) is 5.75 Å². The van der Waals surface area contributed by atoms with Gasteiger partial charge in [-0.3, -0.25) is 0 Å². The van der Waals surface area contributed by atoms with Crippen molar-refractivity contribution in [1.29, 1.82) is 5.39 Å². The summed E-state index contributed by atoms with van der Waals surface area (Å²) in [6.07, 6.45) is 0. The van der Waals surface area contributed by atoms with Gasteiger partial charge in [0.15, 0.2) is 10.7 Å². The third-order valence-corrected chi connectivity index (χ3v) is 2.03. The maximum absolute atomic E-state index is 10.7. The molecule has 0 aliphatic heterocycles. The van der Waals surface area contributed by atoms with E-state index in [9.17, 15) is 25.2 Å². The van der Waals surface area contributed by atoms with Gasteiger partial charge in [-0.1, -0.05) is 11.6 Å². The summed E-state index contributed by atoms with van der Waals surface area (Å²) >= 11 is 5.83. The molecule has 122 valence electrons. The molecule has 0 amide bonds. The van der Waals surface area contributed by atoms with Crippen LogP contribution in [0.25, 0.3) is 4.98 Å². The molecular formula is C9H11ClF6N3OP. The first-order chi connectivity index (χ1) is 9.17. The molecular weight excluding hydrogens is 347 g/mol. The molecule has 0 saturated carbocycles. The number of hydrogen-bond acceptors (Lipinski definition) is 3. The molecule has 4 nitrogen and oxygen atoms in total. The van der Waals surface area contributed by atoms with Gasteiger partial charge in [-0.15, -0.1) is 0 Å². The summed E-state index contributed by atoms with van der Waals surface area (Å²) in [4.78, 5) is 3.05. The third kappa shape index (κ3) is 10.9. The van der Waals surface area contributed by atoms with Crippen LogP contribution in [0, 0.1) is 5.39 Å². The van der Waals surface area contributed by atoms with E-state index in [0.29, 0.717) is 23.1 Å². The Morgan fingerprint density at radius 1 is 1.24 bits per heavy atom. The number of diazo groups is 1. The Kier molecular flexibility index (Phi) is 5.34. The third-order valence-electron chi connectivity index (χ3n) is 1.73. The van der Waals surface area contributed by atoms with Gasteiger partial charge < -0.3 is 10.1 Å². The topological polar surface area (TPSA) is 49.4 Å². The molecule has 21 heavy (non-hydrogen) atoms. The first-order valence-electron chi connectivity index (χ1n) is 5.23. The second-order valence-corrected chi connectivity index (χ2v) is 5.86. The summed E-state index contributed by atoms with van der Waals surface area (Å²) in [5.41, 5.74) is 1.07. The summed E-state index contributed by atoms with van der Waals surface area (Å²) in [6, 6.07) is 3.24. The van der Waals surface area contributed by atoms with Crippen LogP contribution in [-0.4, -0.2) is 13.7 Å². The van der Waals surface area contributed by atoms with E-state index in [1.807, 2.05) is 6.92 Å². The molecule has 1 N–H and O–H groups in total. The van der Waals surface area contributed by atoms with Gasteiger partial charge in [-0.25, -0.2) is 0 Å². The summed E-state index contributed by atoms with van der Waals surface area (Å²) in [6.45, 7) is 2.42. The van der Waals surface area contributed by atoms with Gasteiger partial charge in [0.1, 0.15) is 5.02 Å². The molecule has 0 unspecified atom stereocenters. The van der Waals surface area contributed by atoms with Crippen molar-refractivity contribution in [3.05, 3.63) is 22.1 Å². The average molecular weight is 358 g/mol. The van der Waals surface area contributed by atoms with Crippen LogP contribution in [0.4, 0.5) is 36.6 Å². The molecule has 0 aliphatic carbocycles. The maximum atomic E-state index is 9.87. The van der Waals surface area contributed by atoms with Gasteiger partial charge in [0.05, 0.1) is 18.4 Å². The van der Waals surface area contributed by atoms with E-state index in [4.69, 9.17) is 21.7 Å². The van der Waals surface area contributed by atoms with Crippen LogP contribution in [-0.2, 0) is 0 Å². The number of anilines is 1. The van der Waals surface area contributed by atoms with Crippen molar-refractivity contribution in [2.75, 3.05) is 19.0 Å². The van der Waals surface area contributed by atoms with Gasteiger partial charge in [0.2, 0.25) is 5.39 Å². The number of halogens is 7. The van der Waals surface area contributed by atoms with Crippen LogP contribution >= 0.6 is 19.4 Å². The molecule has 0 atom stereocenters. The molecule has 12 heteroatoms. The Labute approximate surface area is 120 Å². The quantitative estimate of drug-likeness (QED) is 0.374. The number of rotatable bonds is 3. The van der Waals surface area contributed by atoms with E-state index in [-0.39, 0.29) is 0 Å². The van der Waals surface area contributed by atoms with E-state index in [0.717, 1.165) is 5.69 Å². The Balaban J connectivity index is 0.000000486. The minimum absolute atomic E-state index is 0.300. The number of nitrogens with one attached hydrogen (secondary N) is 1. The summed E-state index contributed by atoms with van der Waals surface area (Å²) in [7, 11) is -8.89. The van der Waals surface area contributed by atoms with E-state index >= 15 is 0 Å². The van der Waals surface area contributed by atoms with Crippen molar-refractivity contribution < 1.29 is 29.9 Å². The van der Waals surface area contributed by atoms with Crippen molar-refractivity contribution in [3.8, 4) is 5.75 Å².